The van der Waals surface area contributed by atoms with Gasteiger partial charge in [0.1, 0.15) is 0 Å². The second kappa shape index (κ2) is 6.02. The van der Waals surface area contributed by atoms with Crippen molar-refractivity contribution < 1.29 is 8.42 Å². The largest absolute Gasteiger partial charge is 0.327 e. The molecule has 124 valence electrons. The van der Waals surface area contributed by atoms with Gasteiger partial charge in [0, 0.05) is 30.7 Å². The van der Waals surface area contributed by atoms with E-state index >= 15 is 0 Å². The van der Waals surface area contributed by atoms with Crippen molar-refractivity contribution in [2.75, 3.05) is 13.1 Å². The highest BCUT2D eigenvalue weighted by Gasteiger charge is 2.45. The summed E-state index contributed by atoms with van der Waals surface area (Å²) in [6.07, 6.45) is 3.73. The highest BCUT2D eigenvalue weighted by Crippen LogP contribution is 2.39. The predicted octanol–water partition coefficient (Wildman–Crippen LogP) is 2.01. The van der Waals surface area contributed by atoms with Crippen LogP contribution in [0.25, 0.3) is 10.9 Å². The third-order valence-corrected chi connectivity index (χ3v) is 6.99. The summed E-state index contributed by atoms with van der Waals surface area (Å²) in [5.74, 6) is 0.723. The van der Waals surface area contributed by atoms with E-state index in [0.717, 1.165) is 12.8 Å². The van der Waals surface area contributed by atoms with Crippen LogP contribution < -0.4 is 5.73 Å². The summed E-state index contributed by atoms with van der Waals surface area (Å²) in [5.41, 5.74) is 6.83. The Morgan fingerprint density at radius 1 is 1.13 bits per heavy atom. The maximum Gasteiger partial charge on any atom is 0.243 e. The van der Waals surface area contributed by atoms with Gasteiger partial charge in [0.05, 0.1) is 10.4 Å². The molecule has 0 radical (unpaired) electrons. The summed E-state index contributed by atoms with van der Waals surface area (Å²) < 4.78 is 27.7. The van der Waals surface area contributed by atoms with Crippen molar-refractivity contribution in [2.24, 2.45) is 17.6 Å². The Morgan fingerprint density at radius 3 is 2.74 bits per heavy atom. The van der Waals surface area contributed by atoms with Crippen LogP contribution in [0.1, 0.15) is 12.8 Å². The molecule has 4 rings (SSSR count). The molecule has 0 spiro atoms. The quantitative estimate of drug-likeness (QED) is 0.896. The summed E-state index contributed by atoms with van der Waals surface area (Å²) in [5, 5.41) is 0.686. The minimum atomic E-state index is -3.49. The lowest BCUT2D eigenvalue weighted by molar-refractivity contribution is 0.427. The molecule has 2 fully saturated rings. The minimum absolute atomic E-state index is 0. The molecule has 0 amide bonds. The first kappa shape index (κ1) is 16.6. The SMILES string of the molecule is Cl.NC1CCC2CN(S(=O)(=O)c3cccc4ncccc34)CC12. The van der Waals surface area contributed by atoms with Crippen molar-refractivity contribution in [3.63, 3.8) is 0 Å². The standard InChI is InChI=1S/C16H19N3O2S.ClH/c17-14-7-6-11-9-19(10-13(11)14)22(20,21)16-5-1-4-15-12(16)3-2-8-18-15;/h1-5,8,11,13-14H,6-7,9-10,17H2;1H. The fourth-order valence-electron chi connectivity index (χ4n) is 3.90. The van der Waals surface area contributed by atoms with Crippen molar-refractivity contribution in [1.82, 2.24) is 9.29 Å². The van der Waals surface area contributed by atoms with Crippen LogP contribution in [-0.4, -0.2) is 36.8 Å². The summed E-state index contributed by atoms with van der Waals surface area (Å²) >= 11 is 0. The van der Waals surface area contributed by atoms with E-state index in [1.54, 1.807) is 28.7 Å². The lowest BCUT2D eigenvalue weighted by Crippen LogP contribution is -2.33. The van der Waals surface area contributed by atoms with Gasteiger partial charge in [0.15, 0.2) is 0 Å². The lowest BCUT2D eigenvalue weighted by atomic mass is 9.98. The molecule has 2 aromatic rings. The Morgan fingerprint density at radius 2 is 1.96 bits per heavy atom. The van der Waals surface area contributed by atoms with E-state index < -0.39 is 10.0 Å². The monoisotopic (exact) mass is 353 g/mol. The van der Waals surface area contributed by atoms with Gasteiger partial charge in [-0.25, -0.2) is 8.42 Å². The van der Waals surface area contributed by atoms with E-state index in [2.05, 4.69) is 4.98 Å². The average molecular weight is 354 g/mol. The highest BCUT2D eigenvalue weighted by atomic mass is 35.5. The molecule has 23 heavy (non-hydrogen) atoms. The first-order chi connectivity index (χ1) is 10.6. The molecule has 5 nitrogen and oxygen atoms in total. The van der Waals surface area contributed by atoms with Crippen LogP contribution in [0.5, 0.6) is 0 Å². The number of rotatable bonds is 2. The van der Waals surface area contributed by atoms with Gasteiger partial charge in [0.2, 0.25) is 10.0 Å². The van der Waals surface area contributed by atoms with Gasteiger partial charge in [-0.1, -0.05) is 6.07 Å². The zero-order chi connectivity index (χ0) is 15.3. The normalized spacial score (nSPS) is 27.8. The Hall–Kier alpha value is -1.21. The first-order valence-electron chi connectivity index (χ1n) is 7.67. The topological polar surface area (TPSA) is 76.3 Å². The summed E-state index contributed by atoms with van der Waals surface area (Å²) in [7, 11) is -3.49. The van der Waals surface area contributed by atoms with Crippen LogP contribution in [-0.2, 0) is 10.0 Å². The number of nitrogens with two attached hydrogens (primary N) is 1. The van der Waals surface area contributed by atoms with Crippen molar-refractivity contribution in [3.8, 4) is 0 Å². The molecular formula is C16H20ClN3O2S. The molecule has 2 heterocycles. The molecule has 2 aliphatic rings. The molecule has 1 aromatic carbocycles. The van der Waals surface area contributed by atoms with Gasteiger partial charge < -0.3 is 5.73 Å². The molecule has 0 bridgehead atoms. The number of hydrogen-bond donors (Lipinski definition) is 1. The van der Waals surface area contributed by atoms with Gasteiger partial charge in [-0.2, -0.15) is 4.31 Å². The molecule has 7 heteroatoms. The van der Waals surface area contributed by atoms with Crippen molar-refractivity contribution in [1.29, 1.82) is 0 Å². The Bertz CT molecular complexity index is 822. The molecule has 3 unspecified atom stereocenters. The second-order valence-electron chi connectivity index (χ2n) is 6.31. The Kier molecular flexibility index (Phi) is 4.35. The fourth-order valence-corrected chi connectivity index (χ4v) is 5.64. The summed E-state index contributed by atoms with van der Waals surface area (Å²) in [6, 6.07) is 8.99. The van der Waals surface area contributed by atoms with Crippen molar-refractivity contribution >= 4 is 33.3 Å². The van der Waals surface area contributed by atoms with Gasteiger partial charge in [-0.05, 0) is 48.9 Å². The molecule has 3 atom stereocenters. The zero-order valence-corrected chi connectivity index (χ0v) is 14.3. The van der Waals surface area contributed by atoms with E-state index in [0.29, 0.717) is 40.7 Å². The van der Waals surface area contributed by atoms with Crippen molar-refractivity contribution in [2.45, 2.75) is 23.8 Å². The number of sulfonamides is 1. The molecule has 1 saturated carbocycles. The zero-order valence-electron chi connectivity index (χ0n) is 12.6. The van der Waals surface area contributed by atoms with E-state index in [4.69, 9.17) is 5.73 Å². The average Bonchev–Trinajstić information content (AvgIpc) is 3.10. The van der Waals surface area contributed by atoms with E-state index in [1.165, 1.54) is 0 Å². The number of fused-ring (bicyclic) bond motifs is 2. The van der Waals surface area contributed by atoms with E-state index in [1.807, 2.05) is 12.1 Å². The Balaban J connectivity index is 0.00000156. The van der Waals surface area contributed by atoms with Crippen LogP contribution in [0, 0.1) is 11.8 Å². The molecule has 1 saturated heterocycles. The molecule has 1 aromatic heterocycles. The van der Waals surface area contributed by atoms with Crippen LogP contribution in [0.3, 0.4) is 0 Å². The number of hydrogen-bond acceptors (Lipinski definition) is 4. The maximum atomic E-state index is 13.0. The van der Waals surface area contributed by atoms with Crippen LogP contribution >= 0.6 is 12.4 Å². The Labute approximate surface area is 142 Å². The molecule has 2 N–H and O–H groups in total. The summed E-state index contributed by atoms with van der Waals surface area (Å²) in [4.78, 5) is 4.60. The van der Waals surface area contributed by atoms with Crippen molar-refractivity contribution in [3.05, 3.63) is 36.5 Å². The summed E-state index contributed by atoms with van der Waals surface area (Å²) in [6.45, 7) is 1.14. The minimum Gasteiger partial charge on any atom is -0.327 e. The second-order valence-corrected chi connectivity index (χ2v) is 8.22. The van der Waals surface area contributed by atoms with E-state index in [9.17, 15) is 8.42 Å². The van der Waals surface area contributed by atoms with Crippen LogP contribution in [0.15, 0.2) is 41.4 Å². The van der Waals surface area contributed by atoms with Gasteiger partial charge in [-0.15, -0.1) is 12.4 Å². The third-order valence-electron chi connectivity index (χ3n) is 5.10. The van der Waals surface area contributed by atoms with Crippen LogP contribution in [0.2, 0.25) is 0 Å². The number of pyridine rings is 1. The smallest absolute Gasteiger partial charge is 0.243 e. The van der Waals surface area contributed by atoms with Gasteiger partial charge >= 0.3 is 0 Å². The number of nitrogens with zero attached hydrogens (tertiary/aromatic N) is 2. The first-order valence-corrected chi connectivity index (χ1v) is 9.11. The third kappa shape index (κ3) is 2.63. The number of aromatic nitrogens is 1. The molecular weight excluding hydrogens is 334 g/mol. The van der Waals surface area contributed by atoms with Crippen LogP contribution in [0.4, 0.5) is 0 Å². The van der Waals surface area contributed by atoms with Gasteiger partial charge in [0.25, 0.3) is 0 Å². The number of halogens is 1. The lowest BCUT2D eigenvalue weighted by Gasteiger charge is -2.19. The predicted molar refractivity (Wildman–Crippen MR) is 91.9 cm³/mol. The fraction of sp³-hybridized carbons (Fsp3) is 0.438. The highest BCUT2D eigenvalue weighted by molar-refractivity contribution is 7.89. The molecule has 1 aliphatic carbocycles. The van der Waals surface area contributed by atoms with Gasteiger partial charge in [-0.3, -0.25) is 4.98 Å². The number of benzene rings is 1. The molecule has 1 aliphatic heterocycles. The maximum absolute atomic E-state index is 13.0. The van der Waals surface area contributed by atoms with E-state index in [-0.39, 0.29) is 18.4 Å².